The molecule has 1 unspecified atom stereocenters. The minimum Gasteiger partial charge on any atom is -0.480 e. The van der Waals surface area contributed by atoms with E-state index in [1.54, 1.807) is 14.0 Å². The zero-order valence-corrected chi connectivity index (χ0v) is 6.78. The van der Waals surface area contributed by atoms with Crippen molar-refractivity contribution in [2.75, 3.05) is 20.2 Å². The SMILES string of the molecule is COC1CN(C(C)C(=O)O)C1. The van der Waals surface area contributed by atoms with Gasteiger partial charge in [0.1, 0.15) is 6.04 Å². The standard InChI is InChI=1S/C7H13NO3/c1-5(7(9)10)8-3-6(4-8)11-2/h5-6H,3-4H2,1-2H3,(H,9,10). The summed E-state index contributed by atoms with van der Waals surface area (Å²) in [5.74, 6) is -0.764. The second kappa shape index (κ2) is 3.19. The Morgan fingerprint density at radius 1 is 1.73 bits per heavy atom. The van der Waals surface area contributed by atoms with Crippen LogP contribution in [0.5, 0.6) is 0 Å². The third kappa shape index (κ3) is 1.70. The quantitative estimate of drug-likeness (QED) is 0.619. The third-order valence-electron chi connectivity index (χ3n) is 2.11. The molecule has 64 valence electrons. The van der Waals surface area contributed by atoms with Gasteiger partial charge < -0.3 is 9.84 Å². The van der Waals surface area contributed by atoms with Crippen LogP contribution < -0.4 is 0 Å². The molecule has 0 radical (unpaired) electrons. The van der Waals surface area contributed by atoms with Crippen molar-refractivity contribution in [3.05, 3.63) is 0 Å². The Morgan fingerprint density at radius 3 is 2.64 bits per heavy atom. The second-order valence-corrected chi connectivity index (χ2v) is 2.83. The average Bonchev–Trinajstić information content (AvgIpc) is 1.85. The summed E-state index contributed by atoms with van der Waals surface area (Å²) in [4.78, 5) is 12.3. The van der Waals surface area contributed by atoms with Crippen LogP contribution >= 0.6 is 0 Å². The molecule has 0 aliphatic carbocycles. The van der Waals surface area contributed by atoms with Gasteiger partial charge in [0.2, 0.25) is 0 Å². The molecule has 1 saturated heterocycles. The Kier molecular flexibility index (Phi) is 2.46. The Morgan fingerprint density at radius 2 is 2.27 bits per heavy atom. The number of ether oxygens (including phenoxy) is 1. The van der Waals surface area contributed by atoms with Gasteiger partial charge in [-0.2, -0.15) is 0 Å². The van der Waals surface area contributed by atoms with E-state index in [0.29, 0.717) is 0 Å². The Hall–Kier alpha value is -0.610. The number of rotatable bonds is 3. The Balaban J connectivity index is 2.26. The van der Waals surface area contributed by atoms with Crippen LogP contribution in [0.25, 0.3) is 0 Å². The summed E-state index contributed by atoms with van der Waals surface area (Å²) in [6, 6.07) is -0.374. The fourth-order valence-corrected chi connectivity index (χ4v) is 1.09. The van der Waals surface area contributed by atoms with Gasteiger partial charge >= 0.3 is 5.97 Å². The summed E-state index contributed by atoms with van der Waals surface area (Å²) in [5, 5.41) is 8.59. The minimum atomic E-state index is -0.764. The highest BCUT2D eigenvalue weighted by Gasteiger charge is 2.33. The molecule has 1 rings (SSSR count). The van der Waals surface area contributed by atoms with Gasteiger partial charge in [0, 0.05) is 20.2 Å². The molecule has 1 N–H and O–H groups in total. The van der Waals surface area contributed by atoms with E-state index in [2.05, 4.69) is 0 Å². The smallest absolute Gasteiger partial charge is 0.320 e. The molecule has 1 fully saturated rings. The number of aliphatic carboxylic acids is 1. The van der Waals surface area contributed by atoms with E-state index in [4.69, 9.17) is 9.84 Å². The zero-order chi connectivity index (χ0) is 8.43. The Bertz CT molecular complexity index is 154. The summed E-state index contributed by atoms with van der Waals surface area (Å²) >= 11 is 0. The van der Waals surface area contributed by atoms with E-state index in [1.165, 1.54) is 0 Å². The van der Waals surface area contributed by atoms with Crippen LogP contribution in [0.2, 0.25) is 0 Å². The molecule has 0 saturated carbocycles. The first kappa shape index (κ1) is 8.49. The molecule has 1 atom stereocenters. The van der Waals surface area contributed by atoms with Crippen molar-refractivity contribution >= 4 is 5.97 Å². The van der Waals surface area contributed by atoms with Crippen LogP contribution in [-0.4, -0.2) is 48.3 Å². The lowest BCUT2D eigenvalue weighted by atomic mass is 10.1. The van der Waals surface area contributed by atoms with Crippen LogP contribution in [-0.2, 0) is 9.53 Å². The molecule has 1 aliphatic rings. The predicted octanol–water partition coefficient (Wildman–Crippen LogP) is -0.210. The van der Waals surface area contributed by atoms with Crippen LogP contribution in [0, 0.1) is 0 Å². The summed E-state index contributed by atoms with van der Waals surface area (Å²) in [6.07, 6.45) is 0.233. The van der Waals surface area contributed by atoms with Crippen LogP contribution in [0.3, 0.4) is 0 Å². The third-order valence-corrected chi connectivity index (χ3v) is 2.11. The maximum absolute atomic E-state index is 10.4. The summed E-state index contributed by atoms with van der Waals surface area (Å²) in [5.41, 5.74) is 0. The van der Waals surface area contributed by atoms with Crippen molar-refractivity contribution in [1.29, 1.82) is 0 Å². The van der Waals surface area contributed by atoms with Crippen LogP contribution in [0.4, 0.5) is 0 Å². The number of nitrogens with zero attached hydrogens (tertiary/aromatic N) is 1. The lowest BCUT2D eigenvalue weighted by Crippen LogP contribution is -2.57. The van der Waals surface area contributed by atoms with Gasteiger partial charge in [-0.05, 0) is 6.92 Å². The highest BCUT2D eigenvalue weighted by atomic mass is 16.5. The molecule has 11 heavy (non-hydrogen) atoms. The highest BCUT2D eigenvalue weighted by Crippen LogP contribution is 2.14. The first-order chi connectivity index (χ1) is 5.15. The van der Waals surface area contributed by atoms with Crippen molar-refractivity contribution in [2.24, 2.45) is 0 Å². The molecule has 4 heteroatoms. The number of hydrogen-bond donors (Lipinski definition) is 1. The lowest BCUT2D eigenvalue weighted by molar-refractivity contribution is -0.148. The van der Waals surface area contributed by atoms with Gasteiger partial charge in [0.05, 0.1) is 6.10 Å². The second-order valence-electron chi connectivity index (χ2n) is 2.83. The molecule has 0 aromatic rings. The summed E-state index contributed by atoms with van der Waals surface area (Å²) in [7, 11) is 1.65. The number of carbonyl (C=O) groups is 1. The maximum Gasteiger partial charge on any atom is 0.320 e. The van der Waals surface area contributed by atoms with Gasteiger partial charge in [0.25, 0.3) is 0 Å². The van der Waals surface area contributed by atoms with Crippen molar-refractivity contribution in [3.8, 4) is 0 Å². The van der Waals surface area contributed by atoms with Gasteiger partial charge in [-0.15, -0.1) is 0 Å². The molecular weight excluding hydrogens is 146 g/mol. The van der Waals surface area contributed by atoms with E-state index in [-0.39, 0.29) is 12.1 Å². The number of carboxylic acids is 1. The average molecular weight is 159 g/mol. The molecule has 4 nitrogen and oxygen atoms in total. The Labute approximate surface area is 65.8 Å². The first-order valence-corrected chi connectivity index (χ1v) is 3.64. The molecule has 0 bridgehead atoms. The minimum absolute atomic E-state index is 0.233. The topological polar surface area (TPSA) is 49.8 Å². The molecule has 0 aromatic heterocycles. The van der Waals surface area contributed by atoms with Crippen molar-refractivity contribution in [1.82, 2.24) is 4.90 Å². The summed E-state index contributed by atoms with van der Waals surface area (Å²) < 4.78 is 5.01. The largest absolute Gasteiger partial charge is 0.480 e. The van der Waals surface area contributed by atoms with Crippen molar-refractivity contribution < 1.29 is 14.6 Å². The number of carboxylic acid groups (broad SMARTS) is 1. The molecular formula is C7H13NO3. The first-order valence-electron chi connectivity index (χ1n) is 3.64. The van der Waals surface area contributed by atoms with Gasteiger partial charge in [-0.25, -0.2) is 0 Å². The lowest BCUT2D eigenvalue weighted by Gasteiger charge is -2.40. The maximum atomic E-state index is 10.4. The van der Waals surface area contributed by atoms with E-state index < -0.39 is 5.97 Å². The van der Waals surface area contributed by atoms with E-state index in [9.17, 15) is 4.79 Å². The van der Waals surface area contributed by atoms with Gasteiger partial charge in [-0.1, -0.05) is 0 Å². The fraction of sp³-hybridized carbons (Fsp3) is 0.857. The zero-order valence-electron chi connectivity index (χ0n) is 6.78. The molecule has 1 aliphatic heterocycles. The molecule has 0 aromatic carbocycles. The molecule has 1 heterocycles. The van der Waals surface area contributed by atoms with E-state index in [0.717, 1.165) is 13.1 Å². The van der Waals surface area contributed by atoms with Crippen molar-refractivity contribution in [2.45, 2.75) is 19.1 Å². The highest BCUT2D eigenvalue weighted by molar-refractivity contribution is 5.73. The van der Waals surface area contributed by atoms with E-state index in [1.807, 2.05) is 4.90 Å². The number of likely N-dealkylation sites (tertiary alicyclic amines) is 1. The molecule has 0 amide bonds. The fourth-order valence-electron chi connectivity index (χ4n) is 1.09. The van der Waals surface area contributed by atoms with Crippen LogP contribution in [0.15, 0.2) is 0 Å². The normalized spacial score (nSPS) is 22.7. The van der Waals surface area contributed by atoms with Crippen LogP contribution in [0.1, 0.15) is 6.92 Å². The predicted molar refractivity (Wildman–Crippen MR) is 39.5 cm³/mol. The van der Waals surface area contributed by atoms with Gasteiger partial charge in [0.15, 0.2) is 0 Å². The number of hydrogen-bond acceptors (Lipinski definition) is 3. The van der Waals surface area contributed by atoms with Crippen molar-refractivity contribution in [3.63, 3.8) is 0 Å². The van der Waals surface area contributed by atoms with E-state index >= 15 is 0 Å². The summed E-state index contributed by atoms with van der Waals surface area (Å²) in [6.45, 7) is 3.17. The molecule has 0 spiro atoms. The number of methoxy groups -OCH3 is 1. The monoisotopic (exact) mass is 159 g/mol. The van der Waals surface area contributed by atoms with Gasteiger partial charge in [-0.3, -0.25) is 9.69 Å².